The standard InChI is InChI=1S/C18H32O2/c1-6-11-13-17(8-3)14-12-16-20-18(9-4,15-7-2)19-10-5/h8-10,17H,3-7,11-16H2,1-2H3. The lowest BCUT2D eigenvalue weighted by Gasteiger charge is -2.29. The van der Waals surface area contributed by atoms with Gasteiger partial charge in [0, 0.05) is 6.42 Å². The van der Waals surface area contributed by atoms with Gasteiger partial charge in [0.15, 0.2) is 0 Å². The van der Waals surface area contributed by atoms with Crippen molar-refractivity contribution in [2.24, 2.45) is 5.92 Å². The lowest BCUT2D eigenvalue weighted by atomic mass is 9.97. The van der Waals surface area contributed by atoms with Gasteiger partial charge in [0.05, 0.1) is 12.9 Å². The van der Waals surface area contributed by atoms with Gasteiger partial charge in [-0.05, 0) is 37.7 Å². The van der Waals surface area contributed by atoms with Crippen molar-refractivity contribution in [3.63, 3.8) is 0 Å². The molecule has 0 spiro atoms. The maximum atomic E-state index is 5.91. The minimum absolute atomic E-state index is 0.600. The first-order valence-electron chi connectivity index (χ1n) is 7.86. The molecular formula is C18H32O2. The smallest absolute Gasteiger partial charge is 0.229 e. The highest BCUT2D eigenvalue weighted by Gasteiger charge is 2.26. The molecule has 0 saturated carbocycles. The van der Waals surface area contributed by atoms with Crippen LogP contribution in [0, 0.1) is 5.92 Å². The molecular weight excluding hydrogens is 248 g/mol. The first-order valence-corrected chi connectivity index (χ1v) is 7.86. The van der Waals surface area contributed by atoms with Crippen LogP contribution in [-0.2, 0) is 9.47 Å². The van der Waals surface area contributed by atoms with Crippen molar-refractivity contribution in [3.05, 3.63) is 38.2 Å². The third kappa shape index (κ3) is 7.54. The van der Waals surface area contributed by atoms with Gasteiger partial charge in [-0.3, -0.25) is 0 Å². The maximum Gasteiger partial charge on any atom is 0.229 e. The van der Waals surface area contributed by atoms with Crippen LogP contribution in [0.5, 0.6) is 0 Å². The van der Waals surface area contributed by atoms with Crippen LogP contribution in [0.4, 0.5) is 0 Å². The van der Waals surface area contributed by atoms with Gasteiger partial charge in [0.25, 0.3) is 0 Å². The van der Waals surface area contributed by atoms with Crippen molar-refractivity contribution in [3.8, 4) is 0 Å². The van der Waals surface area contributed by atoms with Gasteiger partial charge in [0.1, 0.15) is 0 Å². The summed E-state index contributed by atoms with van der Waals surface area (Å²) in [5, 5.41) is 0. The van der Waals surface area contributed by atoms with Gasteiger partial charge in [-0.1, -0.05) is 45.9 Å². The number of rotatable bonds is 14. The fraction of sp³-hybridized carbons (Fsp3) is 0.667. The summed E-state index contributed by atoms with van der Waals surface area (Å²) in [5.41, 5.74) is 0. The molecule has 0 aliphatic carbocycles. The van der Waals surface area contributed by atoms with E-state index in [-0.39, 0.29) is 0 Å². The predicted octanol–water partition coefficient (Wildman–Crippen LogP) is 5.62. The first-order chi connectivity index (χ1) is 9.67. The normalized spacial score (nSPS) is 15.1. The molecule has 0 aromatic heterocycles. The molecule has 0 aromatic carbocycles. The van der Waals surface area contributed by atoms with Gasteiger partial charge in [0.2, 0.25) is 5.79 Å². The molecule has 0 aliphatic rings. The second-order valence-corrected chi connectivity index (χ2v) is 5.18. The zero-order valence-corrected chi connectivity index (χ0v) is 13.4. The SMILES string of the molecule is C=COC(C=C)(CCC)OCCCC(C=C)CCCC. The Labute approximate surface area is 125 Å². The minimum Gasteiger partial charge on any atom is -0.467 e. The van der Waals surface area contributed by atoms with Crippen LogP contribution in [0.3, 0.4) is 0 Å². The van der Waals surface area contributed by atoms with Crippen molar-refractivity contribution >= 4 is 0 Å². The van der Waals surface area contributed by atoms with Gasteiger partial charge in [-0.15, -0.1) is 6.58 Å². The molecule has 0 heterocycles. The molecule has 2 heteroatoms. The maximum absolute atomic E-state index is 5.91. The Hall–Kier alpha value is -1.02. The summed E-state index contributed by atoms with van der Waals surface area (Å²) >= 11 is 0. The monoisotopic (exact) mass is 280 g/mol. The van der Waals surface area contributed by atoms with Crippen molar-refractivity contribution in [1.29, 1.82) is 0 Å². The van der Waals surface area contributed by atoms with E-state index in [1.807, 2.05) is 0 Å². The van der Waals surface area contributed by atoms with Gasteiger partial charge >= 0.3 is 0 Å². The highest BCUT2D eigenvalue weighted by atomic mass is 16.7. The molecule has 2 nitrogen and oxygen atoms in total. The summed E-state index contributed by atoms with van der Waals surface area (Å²) in [4.78, 5) is 0. The van der Waals surface area contributed by atoms with Crippen LogP contribution in [0.25, 0.3) is 0 Å². The molecule has 0 N–H and O–H groups in total. The Morgan fingerprint density at radius 2 is 1.75 bits per heavy atom. The molecule has 0 amide bonds. The molecule has 2 unspecified atom stereocenters. The van der Waals surface area contributed by atoms with Crippen LogP contribution in [0.2, 0.25) is 0 Å². The van der Waals surface area contributed by atoms with Crippen molar-refractivity contribution < 1.29 is 9.47 Å². The Morgan fingerprint density at radius 3 is 2.25 bits per heavy atom. The molecule has 0 radical (unpaired) electrons. The molecule has 0 aliphatic heterocycles. The Bertz CT molecular complexity index is 273. The van der Waals surface area contributed by atoms with Gasteiger partial charge in [-0.2, -0.15) is 0 Å². The van der Waals surface area contributed by atoms with Crippen LogP contribution < -0.4 is 0 Å². The third-order valence-electron chi connectivity index (χ3n) is 3.52. The largest absolute Gasteiger partial charge is 0.467 e. The summed E-state index contributed by atoms with van der Waals surface area (Å²) in [7, 11) is 0. The van der Waals surface area contributed by atoms with Crippen LogP contribution >= 0.6 is 0 Å². The fourth-order valence-electron chi connectivity index (χ4n) is 2.30. The van der Waals surface area contributed by atoms with Crippen LogP contribution in [0.1, 0.15) is 58.8 Å². The molecule has 0 fully saturated rings. The highest BCUT2D eigenvalue weighted by molar-refractivity contribution is 4.91. The summed E-state index contributed by atoms with van der Waals surface area (Å²) in [6.07, 6.45) is 12.9. The van der Waals surface area contributed by atoms with E-state index in [1.165, 1.54) is 25.5 Å². The Morgan fingerprint density at radius 1 is 1.05 bits per heavy atom. The lowest BCUT2D eigenvalue weighted by molar-refractivity contribution is -0.176. The van der Waals surface area contributed by atoms with E-state index >= 15 is 0 Å². The summed E-state index contributed by atoms with van der Waals surface area (Å²) in [5.74, 6) is -0.105. The van der Waals surface area contributed by atoms with E-state index in [0.29, 0.717) is 12.5 Å². The van der Waals surface area contributed by atoms with Gasteiger partial charge < -0.3 is 9.47 Å². The van der Waals surface area contributed by atoms with Crippen LogP contribution in [0.15, 0.2) is 38.2 Å². The van der Waals surface area contributed by atoms with E-state index in [1.54, 1.807) is 6.08 Å². The molecule has 116 valence electrons. The number of ether oxygens (including phenoxy) is 2. The highest BCUT2D eigenvalue weighted by Crippen LogP contribution is 2.23. The topological polar surface area (TPSA) is 18.5 Å². The quantitative estimate of drug-likeness (QED) is 0.178. The Kier molecular flexibility index (Phi) is 11.2. The van der Waals surface area contributed by atoms with E-state index in [4.69, 9.17) is 9.47 Å². The minimum atomic E-state index is -0.705. The van der Waals surface area contributed by atoms with Crippen LogP contribution in [-0.4, -0.2) is 12.4 Å². The molecule has 0 bridgehead atoms. The third-order valence-corrected chi connectivity index (χ3v) is 3.52. The average Bonchev–Trinajstić information content (AvgIpc) is 2.46. The van der Waals surface area contributed by atoms with Crippen molar-refractivity contribution in [2.45, 2.75) is 64.6 Å². The summed E-state index contributed by atoms with van der Waals surface area (Å²) < 4.78 is 11.4. The molecule has 0 saturated heterocycles. The van der Waals surface area contributed by atoms with E-state index in [2.05, 4.69) is 39.7 Å². The van der Waals surface area contributed by atoms with Gasteiger partial charge in [-0.25, -0.2) is 0 Å². The fourth-order valence-corrected chi connectivity index (χ4v) is 2.30. The average molecular weight is 280 g/mol. The zero-order chi connectivity index (χ0) is 15.3. The molecule has 20 heavy (non-hydrogen) atoms. The molecule has 0 aromatic rings. The second-order valence-electron chi connectivity index (χ2n) is 5.18. The molecule has 0 rings (SSSR count). The van der Waals surface area contributed by atoms with Crippen molar-refractivity contribution in [1.82, 2.24) is 0 Å². The van der Waals surface area contributed by atoms with E-state index in [9.17, 15) is 0 Å². The second kappa shape index (κ2) is 11.8. The number of hydrogen-bond donors (Lipinski definition) is 0. The lowest BCUT2D eigenvalue weighted by Crippen LogP contribution is -2.32. The number of allylic oxidation sites excluding steroid dienone is 1. The van der Waals surface area contributed by atoms with Crippen molar-refractivity contribution in [2.75, 3.05) is 6.61 Å². The summed E-state index contributed by atoms with van der Waals surface area (Å²) in [6.45, 7) is 16.4. The van der Waals surface area contributed by atoms with E-state index < -0.39 is 5.79 Å². The van der Waals surface area contributed by atoms with E-state index in [0.717, 1.165) is 25.7 Å². The Balaban J connectivity index is 4.12. The first kappa shape index (κ1) is 19.0. The summed E-state index contributed by atoms with van der Waals surface area (Å²) in [6, 6.07) is 0. The predicted molar refractivity (Wildman–Crippen MR) is 87.5 cm³/mol. The zero-order valence-electron chi connectivity index (χ0n) is 13.4. The number of unbranched alkanes of at least 4 members (excludes halogenated alkanes) is 1. The molecule has 2 atom stereocenters. The number of hydrogen-bond acceptors (Lipinski definition) is 2.